The smallest absolute Gasteiger partial charge is 0.258 e. The number of guanidine groups is 1. The summed E-state index contributed by atoms with van der Waals surface area (Å²) in [6, 6.07) is 8.13. The number of hydrazine groups is 1. The zero-order chi connectivity index (χ0) is 22.7. The fourth-order valence-corrected chi connectivity index (χ4v) is 4.01. The van der Waals surface area contributed by atoms with Gasteiger partial charge in [0.2, 0.25) is 0 Å². The standard InChI is InChI=1S/C23H26F3N5O/c1-13-6-7-14(10-18(13)25)20-12-21(31-30-20)28-23(27-16-4-2-3-5-16)29-22(32)15-8-9-17(24)19(26)11-15/h6-11,16,20-21,30-31H,2-5,12H2,1H3,(H2,27,28,29,32). The lowest BCUT2D eigenvalue weighted by molar-refractivity contribution is 0.0975. The van der Waals surface area contributed by atoms with Gasteiger partial charge in [-0.1, -0.05) is 25.0 Å². The molecular weight excluding hydrogens is 419 g/mol. The summed E-state index contributed by atoms with van der Waals surface area (Å²) in [6.07, 6.45) is 4.26. The van der Waals surface area contributed by atoms with E-state index < -0.39 is 17.5 Å². The van der Waals surface area contributed by atoms with Crippen molar-refractivity contribution in [1.29, 1.82) is 0 Å². The van der Waals surface area contributed by atoms with Crippen LogP contribution in [0.15, 0.2) is 41.4 Å². The van der Waals surface area contributed by atoms with Crippen molar-refractivity contribution in [3.05, 3.63) is 70.5 Å². The SMILES string of the molecule is Cc1ccc(C2CC(N=C(NC(=O)c3ccc(F)c(F)c3)NC3CCCC3)NN2)cc1F. The van der Waals surface area contributed by atoms with Crippen molar-refractivity contribution in [2.75, 3.05) is 0 Å². The Balaban J connectivity index is 1.48. The van der Waals surface area contributed by atoms with E-state index in [2.05, 4.69) is 26.5 Å². The molecule has 1 heterocycles. The molecule has 1 saturated carbocycles. The average molecular weight is 445 g/mol. The molecule has 0 radical (unpaired) electrons. The monoisotopic (exact) mass is 445 g/mol. The van der Waals surface area contributed by atoms with E-state index in [0.717, 1.165) is 43.4 Å². The predicted molar refractivity (Wildman–Crippen MR) is 115 cm³/mol. The summed E-state index contributed by atoms with van der Waals surface area (Å²) >= 11 is 0. The van der Waals surface area contributed by atoms with Gasteiger partial charge in [-0.25, -0.2) is 29.0 Å². The summed E-state index contributed by atoms with van der Waals surface area (Å²) in [7, 11) is 0. The third-order valence-corrected chi connectivity index (χ3v) is 5.88. The first-order chi connectivity index (χ1) is 15.4. The van der Waals surface area contributed by atoms with Gasteiger partial charge in [0, 0.05) is 24.1 Å². The Bertz CT molecular complexity index is 1020. The number of aryl methyl sites for hydroxylation is 1. The molecule has 32 heavy (non-hydrogen) atoms. The summed E-state index contributed by atoms with van der Waals surface area (Å²) in [5.41, 5.74) is 7.55. The molecule has 0 spiro atoms. The molecule has 2 unspecified atom stereocenters. The second kappa shape index (κ2) is 9.70. The highest BCUT2D eigenvalue weighted by molar-refractivity contribution is 6.05. The number of carbonyl (C=O) groups is 1. The lowest BCUT2D eigenvalue weighted by Gasteiger charge is -2.18. The van der Waals surface area contributed by atoms with E-state index in [9.17, 15) is 18.0 Å². The van der Waals surface area contributed by atoms with E-state index in [1.165, 1.54) is 12.1 Å². The van der Waals surface area contributed by atoms with E-state index in [1.54, 1.807) is 13.0 Å². The molecule has 2 atom stereocenters. The van der Waals surface area contributed by atoms with Crippen LogP contribution in [0.4, 0.5) is 13.2 Å². The molecule has 2 fully saturated rings. The first kappa shape index (κ1) is 22.3. The van der Waals surface area contributed by atoms with E-state index in [4.69, 9.17) is 0 Å². The number of carbonyl (C=O) groups excluding carboxylic acids is 1. The summed E-state index contributed by atoms with van der Waals surface area (Å²) in [6.45, 7) is 1.71. The molecule has 1 aliphatic carbocycles. The molecule has 0 aromatic heterocycles. The van der Waals surface area contributed by atoms with E-state index in [0.29, 0.717) is 12.0 Å². The highest BCUT2D eigenvalue weighted by Crippen LogP contribution is 2.24. The summed E-state index contributed by atoms with van der Waals surface area (Å²) in [5, 5.41) is 5.95. The molecule has 2 aliphatic rings. The van der Waals surface area contributed by atoms with Crippen LogP contribution in [0.25, 0.3) is 0 Å². The number of nitrogens with zero attached hydrogens (tertiary/aromatic N) is 1. The number of nitrogens with one attached hydrogen (secondary N) is 4. The molecule has 170 valence electrons. The molecular formula is C23H26F3N5O. The number of amides is 1. The van der Waals surface area contributed by atoms with Crippen LogP contribution in [0.2, 0.25) is 0 Å². The molecule has 0 bridgehead atoms. The van der Waals surface area contributed by atoms with Crippen LogP contribution in [0.3, 0.4) is 0 Å². The van der Waals surface area contributed by atoms with Crippen molar-refractivity contribution in [3.8, 4) is 0 Å². The largest absolute Gasteiger partial charge is 0.353 e. The van der Waals surface area contributed by atoms with E-state index in [1.807, 2.05) is 6.07 Å². The van der Waals surface area contributed by atoms with Crippen LogP contribution >= 0.6 is 0 Å². The highest BCUT2D eigenvalue weighted by Gasteiger charge is 2.27. The molecule has 4 rings (SSSR count). The molecule has 6 nitrogen and oxygen atoms in total. The third-order valence-electron chi connectivity index (χ3n) is 5.88. The van der Waals surface area contributed by atoms with Crippen LogP contribution in [-0.4, -0.2) is 24.1 Å². The van der Waals surface area contributed by atoms with Gasteiger partial charge in [-0.3, -0.25) is 10.1 Å². The van der Waals surface area contributed by atoms with Crippen molar-refractivity contribution in [2.45, 2.75) is 57.3 Å². The average Bonchev–Trinajstić information content (AvgIpc) is 3.44. The lowest BCUT2D eigenvalue weighted by Crippen LogP contribution is -2.46. The van der Waals surface area contributed by atoms with Gasteiger partial charge in [-0.05, 0) is 55.2 Å². The Labute approximate surface area is 184 Å². The Morgan fingerprint density at radius 3 is 2.50 bits per heavy atom. The summed E-state index contributed by atoms with van der Waals surface area (Å²) < 4.78 is 40.7. The van der Waals surface area contributed by atoms with Crippen molar-refractivity contribution in [2.24, 2.45) is 4.99 Å². The maximum atomic E-state index is 13.9. The number of hydrogen-bond acceptors (Lipinski definition) is 4. The van der Waals surface area contributed by atoms with Crippen LogP contribution in [0.5, 0.6) is 0 Å². The molecule has 4 N–H and O–H groups in total. The molecule has 9 heteroatoms. The van der Waals surface area contributed by atoms with E-state index in [-0.39, 0.29) is 35.6 Å². The van der Waals surface area contributed by atoms with Crippen LogP contribution in [0, 0.1) is 24.4 Å². The first-order valence-corrected chi connectivity index (χ1v) is 10.8. The number of benzene rings is 2. The zero-order valence-electron chi connectivity index (χ0n) is 17.7. The topological polar surface area (TPSA) is 77.5 Å². The minimum atomic E-state index is -1.09. The van der Waals surface area contributed by atoms with Gasteiger partial charge in [-0.2, -0.15) is 0 Å². The van der Waals surface area contributed by atoms with Crippen LogP contribution < -0.4 is 21.5 Å². The normalized spacial score (nSPS) is 21.7. The zero-order valence-corrected chi connectivity index (χ0v) is 17.7. The molecule has 2 aromatic carbocycles. The van der Waals surface area contributed by atoms with Gasteiger partial charge in [0.25, 0.3) is 5.91 Å². The van der Waals surface area contributed by atoms with Gasteiger partial charge < -0.3 is 5.32 Å². The number of hydrogen-bond donors (Lipinski definition) is 4. The maximum absolute atomic E-state index is 13.9. The van der Waals surface area contributed by atoms with Crippen molar-refractivity contribution in [1.82, 2.24) is 21.5 Å². The minimum absolute atomic E-state index is 0.00432. The van der Waals surface area contributed by atoms with Gasteiger partial charge >= 0.3 is 0 Å². The number of rotatable bonds is 4. The Morgan fingerprint density at radius 1 is 1.00 bits per heavy atom. The maximum Gasteiger partial charge on any atom is 0.258 e. The Kier molecular flexibility index (Phi) is 6.76. The molecule has 1 amide bonds. The van der Waals surface area contributed by atoms with Crippen molar-refractivity contribution < 1.29 is 18.0 Å². The van der Waals surface area contributed by atoms with E-state index >= 15 is 0 Å². The number of aliphatic imine (C=N–C) groups is 1. The second-order valence-electron chi connectivity index (χ2n) is 8.29. The lowest BCUT2D eigenvalue weighted by atomic mass is 10.0. The molecule has 1 saturated heterocycles. The van der Waals surface area contributed by atoms with Gasteiger partial charge in [0.05, 0.1) is 0 Å². The second-order valence-corrected chi connectivity index (χ2v) is 8.29. The minimum Gasteiger partial charge on any atom is -0.353 e. The Morgan fingerprint density at radius 2 is 1.78 bits per heavy atom. The molecule has 2 aromatic rings. The highest BCUT2D eigenvalue weighted by atomic mass is 19.2. The fraction of sp³-hybridized carbons (Fsp3) is 0.391. The summed E-state index contributed by atoms with van der Waals surface area (Å²) in [4.78, 5) is 17.2. The molecule has 1 aliphatic heterocycles. The summed E-state index contributed by atoms with van der Waals surface area (Å²) in [5.74, 6) is -2.69. The first-order valence-electron chi connectivity index (χ1n) is 10.8. The number of halogens is 3. The quantitative estimate of drug-likeness (QED) is 0.429. The fourth-order valence-electron chi connectivity index (χ4n) is 4.01. The third kappa shape index (κ3) is 5.28. The Hall–Kier alpha value is -2.91. The van der Waals surface area contributed by atoms with Gasteiger partial charge in [0.15, 0.2) is 17.6 Å². The van der Waals surface area contributed by atoms with Gasteiger partial charge in [0.1, 0.15) is 12.0 Å². The van der Waals surface area contributed by atoms with Crippen LogP contribution in [-0.2, 0) is 0 Å². The van der Waals surface area contributed by atoms with Crippen molar-refractivity contribution in [3.63, 3.8) is 0 Å². The van der Waals surface area contributed by atoms with Gasteiger partial charge in [-0.15, -0.1) is 0 Å². The predicted octanol–water partition coefficient (Wildman–Crippen LogP) is 3.60. The van der Waals surface area contributed by atoms with Crippen molar-refractivity contribution >= 4 is 11.9 Å². The van der Waals surface area contributed by atoms with Crippen LogP contribution in [0.1, 0.15) is 59.6 Å².